The van der Waals surface area contributed by atoms with Gasteiger partial charge in [0.1, 0.15) is 0 Å². The van der Waals surface area contributed by atoms with E-state index in [4.69, 9.17) is 11.6 Å². The second kappa shape index (κ2) is 6.30. The zero-order valence-corrected chi connectivity index (χ0v) is 12.5. The number of carboxylic acid groups (broad SMARTS) is 1. The number of anilines is 1. The Bertz CT molecular complexity index is 576. The number of non-ortho nitro benzene ring substituents is 1. The van der Waals surface area contributed by atoms with Crippen molar-refractivity contribution in [3.63, 3.8) is 0 Å². The average molecular weight is 313 g/mol. The average Bonchev–Trinajstić information content (AvgIpc) is 2.46. The van der Waals surface area contributed by atoms with Crippen LogP contribution in [0.15, 0.2) is 12.1 Å². The monoisotopic (exact) mass is 312 g/mol. The summed E-state index contributed by atoms with van der Waals surface area (Å²) in [6, 6.07) is 2.53. The molecule has 0 bridgehead atoms. The molecule has 1 fully saturated rings. The van der Waals surface area contributed by atoms with Gasteiger partial charge in [0.15, 0.2) is 0 Å². The second-order valence-electron chi connectivity index (χ2n) is 5.14. The Hall–Kier alpha value is -1.82. The van der Waals surface area contributed by atoms with Crippen LogP contribution in [0.4, 0.5) is 11.4 Å². The van der Waals surface area contributed by atoms with E-state index in [-0.39, 0.29) is 22.3 Å². The summed E-state index contributed by atoms with van der Waals surface area (Å²) in [5, 5.41) is 20.4. The summed E-state index contributed by atoms with van der Waals surface area (Å²) < 4.78 is 0. The van der Waals surface area contributed by atoms with Crippen LogP contribution in [0.5, 0.6) is 0 Å². The summed E-state index contributed by atoms with van der Waals surface area (Å²) in [5.74, 6) is -1.20. The summed E-state index contributed by atoms with van der Waals surface area (Å²) in [6.45, 7) is 2.76. The number of nitro groups is 1. The molecule has 0 aromatic heterocycles. The van der Waals surface area contributed by atoms with Gasteiger partial charge >= 0.3 is 5.97 Å². The highest BCUT2D eigenvalue weighted by Gasteiger charge is 2.29. The minimum Gasteiger partial charge on any atom is -0.478 e. The van der Waals surface area contributed by atoms with E-state index >= 15 is 0 Å². The fourth-order valence-corrected chi connectivity index (χ4v) is 3.19. The van der Waals surface area contributed by atoms with Gasteiger partial charge in [-0.1, -0.05) is 18.5 Å². The van der Waals surface area contributed by atoms with Crippen LogP contribution in [0.3, 0.4) is 0 Å². The molecule has 0 radical (unpaired) electrons. The molecule has 1 aromatic rings. The van der Waals surface area contributed by atoms with Crippen LogP contribution < -0.4 is 4.90 Å². The van der Waals surface area contributed by atoms with Crippen LogP contribution in [-0.2, 0) is 0 Å². The van der Waals surface area contributed by atoms with E-state index in [1.807, 2.05) is 11.8 Å². The molecule has 114 valence electrons. The molecule has 1 saturated heterocycles. The normalized spacial score (nSPS) is 18.6. The molecule has 0 spiro atoms. The Kier molecular flexibility index (Phi) is 4.67. The predicted octanol–water partition coefficient (Wildman–Crippen LogP) is 3.72. The lowest BCUT2D eigenvalue weighted by Gasteiger charge is -2.38. The minimum absolute atomic E-state index is 0.102. The van der Waals surface area contributed by atoms with Crippen LogP contribution >= 0.6 is 11.6 Å². The van der Waals surface area contributed by atoms with Crippen molar-refractivity contribution >= 4 is 28.9 Å². The lowest BCUT2D eigenvalue weighted by atomic mass is 9.97. The van der Waals surface area contributed by atoms with Gasteiger partial charge in [-0.3, -0.25) is 10.1 Å². The van der Waals surface area contributed by atoms with Gasteiger partial charge in [-0.2, -0.15) is 0 Å². The predicted molar refractivity (Wildman–Crippen MR) is 80.3 cm³/mol. The van der Waals surface area contributed by atoms with E-state index in [0.29, 0.717) is 5.69 Å². The molecule has 7 heteroatoms. The van der Waals surface area contributed by atoms with Crippen molar-refractivity contribution in [1.29, 1.82) is 0 Å². The minimum atomic E-state index is -1.20. The highest BCUT2D eigenvalue weighted by molar-refractivity contribution is 6.34. The number of halogens is 1. The SMILES string of the molecule is CCC1CCCCN1c1c(Cl)cc([N+](=O)[O-])cc1C(=O)O. The van der Waals surface area contributed by atoms with Crippen LogP contribution in [0.2, 0.25) is 5.02 Å². The number of piperidine rings is 1. The number of nitrogens with zero attached hydrogens (tertiary/aromatic N) is 2. The maximum absolute atomic E-state index is 11.5. The zero-order chi connectivity index (χ0) is 15.6. The van der Waals surface area contributed by atoms with Crippen LogP contribution in [-0.4, -0.2) is 28.6 Å². The maximum atomic E-state index is 11.5. The first-order valence-corrected chi connectivity index (χ1v) is 7.31. The van der Waals surface area contributed by atoms with Gasteiger partial charge in [0, 0.05) is 24.7 Å². The number of carbonyl (C=O) groups is 1. The Morgan fingerprint density at radius 1 is 1.52 bits per heavy atom. The third-order valence-electron chi connectivity index (χ3n) is 3.87. The first kappa shape index (κ1) is 15.6. The molecule has 0 amide bonds. The van der Waals surface area contributed by atoms with Crippen molar-refractivity contribution in [2.45, 2.75) is 38.6 Å². The van der Waals surface area contributed by atoms with E-state index in [1.54, 1.807) is 0 Å². The van der Waals surface area contributed by atoms with E-state index in [2.05, 4.69) is 0 Å². The van der Waals surface area contributed by atoms with Crippen molar-refractivity contribution in [2.75, 3.05) is 11.4 Å². The molecule has 21 heavy (non-hydrogen) atoms. The van der Waals surface area contributed by atoms with Gasteiger partial charge in [0.05, 0.1) is 21.2 Å². The van der Waals surface area contributed by atoms with Crippen LogP contribution in [0.1, 0.15) is 43.0 Å². The first-order chi connectivity index (χ1) is 9.95. The summed E-state index contributed by atoms with van der Waals surface area (Å²) in [5.41, 5.74) is 0.00192. The topological polar surface area (TPSA) is 83.7 Å². The molecule has 1 aliphatic rings. The van der Waals surface area contributed by atoms with Crippen LogP contribution in [0, 0.1) is 10.1 Å². The molecular formula is C14H17ClN2O4. The second-order valence-corrected chi connectivity index (χ2v) is 5.54. The summed E-state index contributed by atoms with van der Waals surface area (Å²) >= 11 is 6.17. The number of rotatable bonds is 4. The van der Waals surface area contributed by atoms with Gasteiger partial charge < -0.3 is 10.0 Å². The smallest absolute Gasteiger partial charge is 0.338 e. The Labute approximate surface area is 127 Å². The molecule has 1 unspecified atom stereocenters. The van der Waals surface area contributed by atoms with Crippen molar-refractivity contribution in [1.82, 2.24) is 0 Å². The first-order valence-electron chi connectivity index (χ1n) is 6.93. The molecule has 1 N–H and O–H groups in total. The lowest BCUT2D eigenvalue weighted by Crippen LogP contribution is -2.40. The molecule has 2 rings (SSSR count). The van der Waals surface area contributed by atoms with E-state index in [9.17, 15) is 20.0 Å². The van der Waals surface area contributed by atoms with Crippen molar-refractivity contribution in [2.24, 2.45) is 0 Å². The molecule has 1 heterocycles. The third kappa shape index (κ3) is 3.10. The quantitative estimate of drug-likeness (QED) is 0.676. The zero-order valence-electron chi connectivity index (χ0n) is 11.7. The van der Waals surface area contributed by atoms with Gasteiger partial charge in [-0.05, 0) is 25.7 Å². The molecule has 0 saturated carbocycles. The third-order valence-corrected chi connectivity index (χ3v) is 4.16. The molecule has 1 atom stereocenters. The number of benzene rings is 1. The van der Waals surface area contributed by atoms with Gasteiger partial charge in [-0.25, -0.2) is 4.79 Å². The largest absolute Gasteiger partial charge is 0.478 e. The highest BCUT2D eigenvalue weighted by Crippen LogP contribution is 2.38. The molecule has 0 aliphatic carbocycles. The highest BCUT2D eigenvalue weighted by atomic mass is 35.5. The number of nitro benzene ring substituents is 1. The summed E-state index contributed by atoms with van der Waals surface area (Å²) in [7, 11) is 0. The number of carboxylic acids is 1. The standard InChI is InChI=1S/C14H17ClN2O4/c1-2-9-5-3-4-6-16(9)13-11(14(18)19)7-10(17(20)21)8-12(13)15/h7-9H,2-6H2,1H3,(H,18,19). The van der Waals surface area contributed by atoms with Gasteiger partial charge in [-0.15, -0.1) is 0 Å². The van der Waals surface area contributed by atoms with E-state index in [0.717, 1.165) is 38.3 Å². The fraction of sp³-hybridized carbons (Fsp3) is 0.500. The Morgan fingerprint density at radius 3 is 2.81 bits per heavy atom. The molecular weight excluding hydrogens is 296 g/mol. The molecule has 1 aliphatic heterocycles. The maximum Gasteiger partial charge on any atom is 0.338 e. The van der Waals surface area contributed by atoms with Crippen molar-refractivity contribution in [3.8, 4) is 0 Å². The lowest BCUT2D eigenvalue weighted by molar-refractivity contribution is -0.384. The van der Waals surface area contributed by atoms with Gasteiger partial charge in [0.25, 0.3) is 5.69 Å². The van der Waals surface area contributed by atoms with Crippen molar-refractivity contribution < 1.29 is 14.8 Å². The Morgan fingerprint density at radius 2 is 2.24 bits per heavy atom. The Balaban J connectivity index is 2.55. The number of hydrogen-bond donors (Lipinski definition) is 1. The van der Waals surface area contributed by atoms with Crippen molar-refractivity contribution in [3.05, 3.63) is 32.8 Å². The number of hydrogen-bond acceptors (Lipinski definition) is 4. The summed E-state index contributed by atoms with van der Waals surface area (Å²) in [6.07, 6.45) is 3.92. The molecule has 1 aromatic carbocycles. The molecule has 6 nitrogen and oxygen atoms in total. The number of aromatic carboxylic acids is 1. The van der Waals surface area contributed by atoms with Gasteiger partial charge in [0.2, 0.25) is 0 Å². The van der Waals surface area contributed by atoms with E-state index < -0.39 is 10.9 Å². The van der Waals surface area contributed by atoms with E-state index in [1.165, 1.54) is 6.07 Å². The fourth-order valence-electron chi connectivity index (χ4n) is 2.86. The summed E-state index contributed by atoms with van der Waals surface area (Å²) in [4.78, 5) is 23.7. The van der Waals surface area contributed by atoms with Crippen LogP contribution in [0.25, 0.3) is 0 Å².